The third-order valence-corrected chi connectivity index (χ3v) is 3.01. The van der Waals surface area contributed by atoms with E-state index >= 15 is 0 Å². The predicted molar refractivity (Wildman–Crippen MR) is 66.1 cm³/mol. The van der Waals surface area contributed by atoms with Gasteiger partial charge in [0.25, 0.3) is 0 Å². The highest BCUT2D eigenvalue weighted by Crippen LogP contribution is 2.21. The summed E-state index contributed by atoms with van der Waals surface area (Å²) in [6.07, 6.45) is -0.0447. The molecule has 0 N–H and O–H groups in total. The van der Waals surface area contributed by atoms with Gasteiger partial charge in [-0.3, -0.25) is 4.90 Å². The Balaban J connectivity index is 2.36. The molecule has 1 amide bonds. The Kier molecular flexibility index (Phi) is 4.77. The zero-order valence-electron chi connectivity index (χ0n) is 11.5. The molecule has 0 spiro atoms. The van der Waals surface area contributed by atoms with Gasteiger partial charge in [-0.2, -0.15) is 0 Å². The monoisotopic (exact) mass is 244 g/mol. The molecular weight excluding hydrogens is 220 g/mol. The largest absolute Gasteiger partial charge is 0.448 e. The van der Waals surface area contributed by atoms with Crippen LogP contribution in [0.3, 0.4) is 0 Å². The highest BCUT2D eigenvalue weighted by molar-refractivity contribution is 5.66. The molecule has 0 aliphatic carbocycles. The molecule has 100 valence electrons. The summed E-state index contributed by atoms with van der Waals surface area (Å²) >= 11 is 0. The highest BCUT2D eigenvalue weighted by Gasteiger charge is 2.33. The average Bonchev–Trinajstić information content (AvgIpc) is 2.23. The lowest BCUT2D eigenvalue weighted by atomic mass is 10.0. The van der Waals surface area contributed by atoms with Crippen LogP contribution in [0.2, 0.25) is 0 Å². The van der Waals surface area contributed by atoms with Crippen molar-refractivity contribution in [2.45, 2.75) is 32.4 Å². The summed E-state index contributed by atoms with van der Waals surface area (Å²) in [5.74, 6) is 0. The van der Waals surface area contributed by atoms with Gasteiger partial charge in [0.2, 0.25) is 0 Å². The number of hydrogen-bond donors (Lipinski definition) is 0. The standard InChI is InChI=1S/C12H24N2O3/c1-10-8-14(12(2,3)9-17-10)6-7-16-11(15)13(4)5/h10H,6-9H2,1-5H3/t10-/m0/s1. The maximum Gasteiger partial charge on any atom is 0.409 e. The van der Waals surface area contributed by atoms with Crippen LogP contribution >= 0.6 is 0 Å². The second-order valence-corrected chi connectivity index (χ2v) is 5.39. The van der Waals surface area contributed by atoms with Crippen molar-refractivity contribution in [1.29, 1.82) is 0 Å². The number of carbonyl (C=O) groups excluding carboxylic acids is 1. The van der Waals surface area contributed by atoms with Crippen molar-refractivity contribution in [3.63, 3.8) is 0 Å². The van der Waals surface area contributed by atoms with Crippen molar-refractivity contribution in [2.75, 3.05) is 40.4 Å². The topological polar surface area (TPSA) is 42.0 Å². The maximum absolute atomic E-state index is 11.3. The molecule has 1 atom stereocenters. The molecular formula is C12H24N2O3. The van der Waals surface area contributed by atoms with E-state index in [-0.39, 0.29) is 17.7 Å². The van der Waals surface area contributed by atoms with E-state index < -0.39 is 0 Å². The first kappa shape index (κ1) is 14.3. The molecule has 17 heavy (non-hydrogen) atoms. The van der Waals surface area contributed by atoms with E-state index in [0.717, 1.165) is 19.7 Å². The van der Waals surface area contributed by atoms with Crippen LogP contribution < -0.4 is 0 Å². The van der Waals surface area contributed by atoms with Crippen LogP contribution in [-0.2, 0) is 9.47 Å². The average molecular weight is 244 g/mol. The Morgan fingerprint density at radius 3 is 2.76 bits per heavy atom. The Hall–Kier alpha value is -0.810. The van der Waals surface area contributed by atoms with E-state index in [0.29, 0.717) is 6.61 Å². The molecule has 5 heteroatoms. The normalized spacial score (nSPS) is 24.4. The number of rotatable bonds is 3. The van der Waals surface area contributed by atoms with Crippen LogP contribution in [0, 0.1) is 0 Å². The quantitative estimate of drug-likeness (QED) is 0.747. The molecule has 1 saturated heterocycles. The van der Waals surface area contributed by atoms with Gasteiger partial charge in [0.1, 0.15) is 6.61 Å². The third-order valence-electron chi connectivity index (χ3n) is 3.01. The van der Waals surface area contributed by atoms with Gasteiger partial charge in [-0.05, 0) is 20.8 Å². The lowest BCUT2D eigenvalue weighted by Gasteiger charge is -2.44. The summed E-state index contributed by atoms with van der Waals surface area (Å²) in [5.41, 5.74) is 0.0109. The molecule has 1 rings (SSSR count). The molecule has 0 aromatic heterocycles. The number of carbonyl (C=O) groups is 1. The molecule has 0 unspecified atom stereocenters. The summed E-state index contributed by atoms with van der Waals surface area (Å²) in [6.45, 7) is 9.13. The number of amides is 1. The first-order valence-electron chi connectivity index (χ1n) is 6.03. The lowest BCUT2D eigenvalue weighted by molar-refractivity contribution is -0.0951. The van der Waals surface area contributed by atoms with Crippen LogP contribution in [-0.4, -0.2) is 67.9 Å². The summed E-state index contributed by atoms with van der Waals surface area (Å²) < 4.78 is 10.8. The molecule has 1 heterocycles. The van der Waals surface area contributed by atoms with E-state index in [1.54, 1.807) is 14.1 Å². The van der Waals surface area contributed by atoms with Crippen molar-refractivity contribution in [2.24, 2.45) is 0 Å². The minimum absolute atomic E-state index is 0.0109. The van der Waals surface area contributed by atoms with Crippen LogP contribution in [0.4, 0.5) is 4.79 Å². The van der Waals surface area contributed by atoms with Crippen molar-refractivity contribution in [3.05, 3.63) is 0 Å². The van der Waals surface area contributed by atoms with E-state index in [1.807, 2.05) is 0 Å². The van der Waals surface area contributed by atoms with E-state index in [4.69, 9.17) is 9.47 Å². The predicted octanol–water partition coefficient (Wildman–Crippen LogP) is 1.18. The van der Waals surface area contributed by atoms with Crippen molar-refractivity contribution < 1.29 is 14.3 Å². The van der Waals surface area contributed by atoms with Crippen LogP contribution in [0.5, 0.6) is 0 Å². The summed E-state index contributed by atoms with van der Waals surface area (Å²) in [4.78, 5) is 15.0. The highest BCUT2D eigenvalue weighted by atomic mass is 16.6. The summed E-state index contributed by atoms with van der Waals surface area (Å²) in [6, 6.07) is 0. The van der Waals surface area contributed by atoms with Gasteiger partial charge >= 0.3 is 6.09 Å². The summed E-state index contributed by atoms with van der Waals surface area (Å²) in [5, 5.41) is 0. The van der Waals surface area contributed by atoms with Gasteiger partial charge in [-0.25, -0.2) is 4.79 Å². The number of morpholine rings is 1. The fourth-order valence-corrected chi connectivity index (χ4v) is 1.81. The van der Waals surface area contributed by atoms with Gasteiger partial charge in [0.15, 0.2) is 0 Å². The zero-order valence-corrected chi connectivity index (χ0v) is 11.5. The number of hydrogen-bond acceptors (Lipinski definition) is 4. The second kappa shape index (κ2) is 5.69. The fraction of sp³-hybridized carbons (Fsp3) is 0.917. The minimum Gasteiger partial charge on any atom is -0.448 e. The molecule has 0 aromatic rings. The fourth-order valence-electron chi connectivity index (χ4n) is 1.81. The van der Waals surface area contributed by atoms with Gasteiger partial charge in [-0.15, -0.1) is 0 Å². The lowest BCUT2D eigenvalue weighted by Crippen LogP contribution is -2.56. The molecule has 1 aliphatic heterocycles. The van der Waals surface area contributed by atoms with Crippen molar-refractivity contribution in [3.8, 4) is 0 Å². The molecule has 1 fully saturated rings. The van der Waals surface area contributed by atoms with Gasteiger partial charge in [-0.1, -0.05) is 0 Å². The molecule has 0 bridgehead atoms. The maximum atomic E-state index is 11.3. The number of nitrogens with zero attached hydrogens (tertiary/aromatic N) is 2. The molecule has 0 aromatic carbocycles. The number of ether oxygens (including phenoxy) is 2. The Morgan fingerprint density at radius 1 is 1.53 bits per heavy atom. The SMILES string of the molecule is C[C@H]1CN(CCOC(=O)N(C)C)C(C)(C)CO1. The molecule has 5 nitrogen and oxygen atoms in total. The van der Waals surface area contributed by atoms with E-state index in [1.165, 1.54) is 4.90 Å². The molecule has 0 radical (unpaired) electrons. The van der Waals surface area contributed by atoms with E-state index in [2.05, 4.69) is 25.7 Å². The minimum atomic E-state index is -0.288. The Bertz CT molecular complexity index is 266. The summed E-state index contributed by atoms with van der Waals surface area (Å²) in [7, 11) is 3.37. The molecule has 0 saturated carbocycles. The zero-order chi connectivity index (χ0) is 13.1. The third kappa shape index (κ3) is 4.16. The first-order valence-corrected chi connectivity index (χ1v) is 6.03. The second-order valence-electron chi connectivity index (χ2n) is 5.39. The van der Waals surface area contributed by atoms with Crippen molar-refractivity contribution >= 4 is 6.09 Å². The van der Waals surface area contributed by atoms with Crippen LogP contribution in [0.25, 0.3) is 0 Å². The molecule has 1 aliphatic rings. The van der Waals surface area contributed by atoms with Gasteiger partial charge in [0.05, 0.1) is 12.7 Å². The van der Waals surface area contributed by atoms with Crippen LogP contribution in [0.1, 0.15) is 20.8 Å². The smallest absolute Gasteiger partial charge is 0.409 e. The Morgan fingerprint density at radius 2 is 2.18 bits per heavy atom. The van der Waals surface area contributed by atoms with Crippen molar-refractivity contribution in [1.82, 2.24) is 9.80 Å². The van der Waals surface area contributed by atoms with Crippen LogP contribution in [0.15, 0.2) is 0 Å². The van der Waals surface area contributed by atoms with E-state index in [9.17, 15) is 4.79 Å². The Labute approximate surface area is 104 Å². The van der Waals surface area contributed by atoms with Gasteiger partial charge < -0.3 is 14.4 Å². The van der Waals surface area contributed by atoms with Gasteiger partial charge in [0, 0.05) is 32.7 Å². The first-order chi connectivity index (χ1) is 7.83.